The average molecular weight is 347 g/mol. The Balaban J connectivity index is 2.04. The fourth-order valence-electron chi connectivity index (χ4n) is 3.36. The van der Waals surface area contributed by atoms with E-state index in [0.29, 0.717) is 0 Å². The van der Waals surface area contributed by atoms with Crippen LogP contribution in [0.4, 0.5) is 0 Å². The summed E-state index contributed by atoms with van der Waals surface area (Å²) in [5, 5.41) is 4.55. The van der Waals surface area contributed by atoms with E-state index >= 15 is 0 Å². The number of fused-ring (bicyclic) bond motifs is 1. The second-order valence-corrected chi connectivity index (χ2v) is 9.46. The van der Waals surface area contributed by atoms with Gasteiger partial charge in [-0.2, -0.15) is 5.10 Å². The molecule has 1 aliphatic carbocycles. The third kappa shape index (κ3) is 3.39. The van der Waals surface area contributed by atoms with Crippen molar-refractivity contribution in [3.63, 3.8) is 0 Å². The van der Waals surface area contributed by atoms with E-state index in [1.807, 2.05) is 10.9 Å². The van der Waals surface area contributed by atoms with Crippen molar-refractivity contribution in [1.82, 2.24) is 14.5 Å². The number of nitrogens with zero attached hydrogens (tertiary/aromatic N) is 2. The first-order valence-electron chi connectivity index (χ1n) is 8.34. The third-order valence-corrected chi connectivity index (χ3v) is 6.06. The average Bonchev–Trinajstić information content (AvgIpc) is 2.90. The van der Waals surface area contributed by atoms with Crippen LogP contribution in [0.25, 0.3) is 5.69 Å². The largest absolute Gasteiger partial charge is 0.237 e. The van der Waals surface area contributed by atoms with Crippen LogP contribution in [0.15, 0.2) is 30.5 Å². The fourth-order valence-corrected chi connectivity index (χ4v) is 4.17. The van der Waals surface area contributed by atoms with Crippen molar-refractivity contribution >= 4 is 10.0 Å². The second-order valence-electron chi connectivity index (χ2n) is 7.41. The molecule has 24 heavy (non-hydrogen) atoms. The highest BCUT2D eigenvalue weighted by Crippen LogP contribution is 2.41. The molecule has 1 aliphatic rings. The minimum atomic E-state index is -3.26. The first-order valence-corrected chi connectivity index (χ1v) is 10.00. The Morgan fingerprint density at radius 2 is 1.96 bits per heavy atom. The number of benzene rings is 1. The molecule has 6 heteroatoms. The normalized spacial score (nSPS) is 19.9. The van der Waals surface area contributed by atoms with Gasteiger partial charge in [0.1, 0.15) is 0 Å². The Labute approximate surface area is 144 Å². The van der Waals surface area contributed by atoms with Gasteiger partial charge in [0.25, 0.3) is 0 Å². The SMILES string of the molecule is CCS(=O)(=O)NC1CC(C)(C)Cc2c1cnn2-c1ccc(C)cc1. The molecular formula is C18H25N3O2S. The number of hydrogen-bond acceptors (Lipinski definition) is 3. The molecule has 0 aliphatic heterocycles. The van der Waals surface area contributed by atoms with Gasteiger partial charge < -0.3 is 0 Å². The van der Waals surface area contributed by atoms with Crippen molar-refractivity contribution < 1.29 is 8.42 Å². The smallest absolute Gasteiger partial charge is 0.211 e. The molecule has 0 amide bonds. The topological polar surface area (TPSA) is 64.0 Å². The quantitative estimate of drug-likeness (QED) is 0.924. The Morgan fingerprint density at radius 1 is 1.29 bits per heavy atom. The highest BCUT2D eigenvalue weighted by molar-refractivity contribution is 7.89. The van der Waals surface area contributed by atoms with E-state index in [4.69, 9.17) is 0 Å². The number of sulfonamides is 1. The summed E-state index contributed by atoms with van der Waals surface area (Å²) in [4.78, 5) is 0. The summed E-state index contributed by atoms with van der Waals surface area (Å²) in [5.74, 6) is 0.0887. The number of aromatic nitrogens is 2. The maximum atomic E-state index is 12.1. The van der Waals surface area contributed by atoms with Gasteiger partial charge in [-0.1, -0.05) is 31.5 Å². The lowest BCUT2D eigenvalue weighted by Gasteiger charge is -2.35. The van der Waals surface area contributed by atoms with Crippen molar-refractivity contribution in [2.75, 3.05) is 5.75 Å². The summed E-state index contributed by atoms with van der Waals surface area (Å²) >= 11 is 0. The monoisotopic (exact) mass is 347 g/mol. The van der Waals surface area contributed by atoms with Crippen LogP contribution in [-0.4, -0.2) is 24.0 Å². The molecule has 1 atom stereocenters. The third-order valence-electron chi connectivity index (χ3n) is 4.66. The molecule has 130 valence electrons. The summed E-state index contributed by atoms with van der Waals surface area (Å²) in [6, 6.07) is 8.02. The molecule has 2 aromatic rings. The maximum Gasteiger partial charge on any atom is 0.211 e. The van der Waals surface area contributed by atoms with E-state index in [-0.39, 0.29) is 17.2 Å². The molecule has 1 N–H and O–H groups in total. The van der Waals surface area contributed by atoms with Gasteiger partial charge in [0.2, 0.25) is 10.0 Å². The van der Waals surface area contributed by atoms with Crippen LogP contribution >= 0.6 is 0 Å². The molecule has 0 saturated carbocycles. The molecule has 5 nitrogen and oxygen atoms in total. The number of rotatable bonds is 4. The fraction of sp³-hybridized carbons (Fsp3) is 0.500. The minimum Gasteiger partial charge on any atom is -0.237 e. The highest BCUT2D eigenvalue weighted by atomic mass is 32.2. The van der Waals surface area contributed by atoms with Gasteiger partial charge in [0.15, 0.2) is 0 Å². The molecule has 0 bridgehead atoms. The molecule has 0 fully saturated rings. The first-order chi connectivity index (χ1) is 11.2. The van der Waals surface area contributed by atoms with Crippen LogP contribution in [0.2, 0.25) is 0 Å². The molecular weight excluding hydrogens is 322 g/mol. The van der Waals surface area contributed by atoms with Gasteiger partial charge in [-0.25, -0.2) is 17.8 Å². The Morgan fingerprint density at radius 3 is 2.58 bits per heavy atom. The second kappa shape index (κ2) is 6.01. The molecule has 3 rings (SSSR count). The van der Waals surface area contributed by atoms with Gasteiger partial charge in [-0.05, 0) is 44.2 Å². The summed E-state index contributed by atoms with van der Waals surface area (Å²) in [6.07, 6.45) is 3.46. The van der Waals surface area contributed by atoms with Crippen LogP contribution in [-0.2, 0) is 16.4 Å². The van der Waals surface area contributed by atoms with E-state index in [0.717, 1.165) is 29.8 Å². The molecule has 1 aromatic heterocycles. The zero-order valence-electron chi connectivity index (χ0n) is 14.7. The van der Waals surface area contributed by atoms with Crippen molar-refractivity contribution in [3.8, 4) is 5.69 Å². The maximum absolute atomic E-state index is 12.1. The van der Waals surface area contributed by atoms with Gasteiger partial charge >= 0.3 is 0 Å². The number of nitrogens with one attached hydrogen (secondary N) is 1. The van der Waals surface area contributed by atoms with Gasteiger partial charge in [-0.15, -0.1) is 0 Å². The molecule has 0 radical (unpaired) electrons. The summed E-state index contributed by atoms with van der Waals surface area (Å²) in [6.45, 7) is 8.07. The number of aryl methyl sites for hydroxylation is 1. The molecule has 0 spiro atoms. The molecule has 0 saturated heterocycles. The van der Waals surface area contributed by atoms with E-state index < -0.39 is 10.0 Å². The van der Waals surface area contributed by atoms with Crippen LogP contribution in [0.5, 0.6) is 0 Å². The van der Waals surface area contributed by atoms with Crippen LogP contribution in [0, 0.1) is 12.3 Å². The van der Waals surface area contributed by atoms with E-state index in [1.165, 1.54) is 5.56 Å². The lowest BCUT2D eigenvalue weighted by molar-refractivity contribution is 0.269. The van der Waals surface area contributed by atoms with Gasteiger partial charge in [0, 0.05) is 11.3 Å². The summed E-state index contributed by atoms with van der Waals surface area (Å²) < 4.78 is 28.9. The van der Waals surface area contributed by atoms with Crippen molar-refractivity contribution in [2.45, 2.75) is 46.6 Å². The summed E-state index contributed by atoms with van der Waals surface area (Å²) in [5.41, 5.74) is 4.31. The highest BCUT2D eigenvalue weighted by Gasteiger charge is 2.36. The predicted octanol–water partition coefficient (Wildman–Crippen LogP) is 3.13. The van der Waals surface area contributed by atoms with E-state index in [2.05, 4.69) is 54.9 Å². The number of hydrogen-bond donors (Lipinski definition) is 1. The van der Waals surface area contributed by atoms with Crippen LogP contribution in [0.3, 0.4) is 0 Å². The predicted molar refractivity (Wildman–Crippen MR) is 95.7 cm³/mol. The summed E-state index contributed by atoms with van der Waals surface area (Å²) in [7, 11) is -3.26. The lowest BCUT2D eigenvalue weighted by atomic mass is 9.74. The van der Waals surface area contributed by atoms with E-state index in [1.54, 1.807) is 6.92 Å². The van der Waals surface area contributed by atoms with Crippen molar-refractivity contribution in [1.29, 1.82) is 0 Å². The lowest BCUT2D eigenvalue weighted by Crippen LogP contribution is -2.37. The molecule has 1 aromatic carbocycles. The minimum absolute atomic E-state index is 0.0103. The zero-order valence-corrected chi connectivity index (χ0v) is 15.5. The molecule has 1 heterocycles. The Kier molecular flexibility index (Phi) is 4.30. The van der Waals surface area contributed by atoms with Crippen molar-refractivity contribution in [2.24, 2.45) is 5.41 Å². The first kappa shape index (κ1) is 17.2. The zero-order chi connectivity index (χ0) is 17.5. The molecule has 1 unspecified atom stereocenters. The Bertz CT molecular complexity index is 836. The van der Waals surface area contributed by atoms with Gasteiger partial charge in [-0.3, -0.25) is 0 Å². The van der Waals surface area contributed by atoms with Crippen LogP contribution < -0.4 is 4.72 Å². The van der Waals surface area contributed by atoms with Gasteiger partial charge in [0.05, 0.1) is 23.7 Å². The van der Waals surface area contributed by atoms with Crippen molar-refractivity contribution in [3.05, 3.63) is 47.3 Å². The standard InChI is InChI=1S/C18H25N3O2S/c1-5-24(22,23)20-16-10-18(3,4)11-17-15(16)12-19-21(17)14-8-6-13(2)7-9-14/h6-9,12,16,20H,5,10-11H2,1-4H3. The Hall–Kier alpha value is -1.66. The van der Waals surface area contributed by atoms with Crippen LogP contribution in [0.1, 0.15) is 50.1 Å². The van der Waals surface area contributed by atoms with E-state index in [9.17, 15) is 8.42 Å².